The molecule has 28 heavy (non-hydrogen) atoms. The van der Waals surface area contributed by atoms with Crippen LogP contribution in [0.25, 0.3) is 0 Å². The number of hydrogen-bond acceptors (Lipinski definition) is 5. The topological polar surface area (TPSA) is 103 Å². The van der Waals surface area contributed by atoms with Crippen molar-refractivity contribution in [3.8, 4) is 0 Å². The molecule has 0 radical (unpaired) electrons. The number of nitrogens with zero attached hydrogens (tertiary/aromatic N) is 1. The highest BCUT2D eigenvalue weighted by molar-refractivity contribution is 6.09. The van der Waals surface area contributed by atoms with E-state index in [0.717, 1.165) is 30.7 Å². The van der Waals surface area contributed by atoms with E-state index in [-0.39, 0.29) is 18.5 Å². The predicted molar refractivity (Wildman–Crippen MR) is 98.2 cm³/mol. The van der Waals surface area contributed by atoms with Crippen molar-refractivity contribution >= 4 is 17.8 Å². The highest BCUT2D eigenvalue weighted by Crippen LogP contribution is 2.29. The molecule has 0 bridgehead atoms. The fourth-order valence-corrected chi connectivity index (χ4v) is 4.37. The molecule has 0 spiro atoms. The lowest BCUT2D eigenvalue weighted by Gasteiger charge is -2.31. The van der Waals surface area contributed by atoms with E-state index < -0.39 is 23.3 Å². The van der Waals surface area contributed by atoms with Crippen molar-refractivity contribution in [2.75, 3.05) is 13.1 Å². The van der Waals surface area contributed by atoms with Crippen LogP contribution in [0.3, 0.4) is 0 Å². The second kappa shape index (κ2) is 7.14. The normalized spacial score (nSPS) is 32.2. The summed E-state index contributed by atoms with van der Waals surface area (Å²) in [5.41, 5.74) is 5.54. The highest BCUT2D eigenvalue weighted by atomic mass is 19.1. The van der Waals surface area contributed by atoms with Crippen LogP contribution in [0.15, 0.2) is 24.3 Å². The minimum atomic E-state index is -1.32. The molecule has 9 heteroatoms. The lowest BCUT2D eigenvalue weighted by atomic mass is 9.83. The number of carbonyl (C=O) groups is 3. The number of carbonyl (C=O) groups excluding carboxylic acids is 3. The smallest absolute Gasteiger partial charge is 0.325 e. The Hall–Kier alpha value is -2.52. The lowest BCUT2D eigenvalue weighted by molar-refractivity contribution is -0.135. The molecule has 1 saturated carbocycles. The largest absolute Gasteiger partial charge is 0.352 e. The summed E-state index contributed by atoms with van der Waals surface area (Å²) in [6.45, 7) is 2.10. The fraction of sp³-hybridized carbons (Fsp3) is 0.526. The van der Waals surface area contributed by atoms with Crippen LogP contribution in [-0.4, -0.2) is 47.9 Å². The van der Waals surface area contributed by atoms with Crippen LogP contribution < -0.4 is 21.5 Å². The maximum atomic E-state index is 13.2. The minimum absolute atomic E-state index is 0.0414. The number of amides is 4. The van der Waals surface area contributed by atoms with Crippen LogP contribution >= 0.6 is 0 Å². The number of halogens is 1. The fourth-order valence-electron chi connectivity index (χ4n) is 4.37. The van der Waals surface area contributed by atoms with Crippen molar-refractivity contribution in [1.82, 2.24) is 26.4 Å². The summed E-state index contributed by atoms with van der Waals surface area (Å²) in [6.07, 6.45) is 2.69. The number of urea groups is 1. The molecule has 3 fully saturated rings. The maximum Gasteiger partial charge on any atom is 0.325 e. The Morgan fingerprint density at radius 2 is 2.04 bits per heavy atom. The third kappa shape index (κ3) is 3.35. The summed E-state index contributed by atoms with van der Waals surface area (Å²) in [6, 6.07) is 5.24. The summed E-state index contributed by atoms with van der Waals surface area (Å²) in [5.74, 6) is -0.832. The van der Waals surface area contributed by atoms with E-state index in [1.54, 1.807) is 6.92 Å². The van der Waals surface area contributed by atoms with Gasteiger partial charge in [0.25, 0.3) is 5.91 Å². The zero-order valence-corrected chi connectivity index (χ0v) is 15.6. The van der Waals surface area contributed by atoms with E-state index in [0.29, 0.717) is 17.5 Å². The van der Waals surface area contributed by atoms with Crippen LogP contribution in [0.2, 0.25) is 0 Å². The third-order valence-electron chi connectivity index (χ3n) is 6.00. The zero-order valence-electron chi connectivity index (χ0n) is 15.6. The lowest BCUT2D eigenvalue weighted by Crippen LogP contribution is -2.48. The van der Waals surface area contributed by atoms with Gasteiger partial charge in [-0.3, -0.25) is 25.3 Å². The number of hydrogen-bond donors (Lipinski definition) is 4. The van der Waals surface area contributed by atoms with Gasteiger partial charge in [0.1, 0.15) is 17.9 Å². The van der Waals surface area contributed by atoms with Crippen LogP contribution in [0, 0.1) is 11.7 Å². The molecule has 0 aromatic heterocycles. The number of rotatable bonds is 4. The van der Waals surface area contributed by atoms with Gasteiger partial charge in [-0.25, -0.2) is 9.18 Å². The van der Waals surface area contributed by atoms with Gasteiger partial charge in [0.05, 0.1) is 0 Å². The molecule has 1 aromatic rings. The van der Waals surface area contributed by atoms with Gasteiger partial charge >= 0.3 is 6.03 Å². The second-order valence-electron chi connectivity index (χ2n) is 7.92. The van der Waals surface area contributed by atoms with Crippen LogP contribution in [0.4, 0.5) is 9.18 Å². The number of fused-ring (bicyclic) bond motifs is 1. The quantitative estimate of drug-likeness (QED) is 0.557. The Labute approximate surface area is 162 Å². The van der Waals surface area contributed by atoms with Gasteiger partial charge in [-0.2, -0.15) is 0 Å². The summed E-state index contributed by atoms with van der Waals surface area (Å²) in [5, 5.41) is 5.58. The van der Waals surface area contributed by atoms with Crippen LogP contribution in [0.1, 0.15) is 31.7 Å². The van der Waals surface area contributed by atoms with Gasteiger partial charge in [-0.15, -0.1) is 0 Å². The molecule has 2 aliphatic heterocycles. The van der Waals surface area contributed by atoms with Gasteiger partial charge in [0.2, 0.25) is 5.91 Å². The number of hydrazine groups is 1. The summed E-state index contributed by atoms with van der Waals surface area (Å²) >= 11 is 0. The van der Waals surface area contributed by atoms with E-state index >= 15 is 0 Å². The first-order chi connectivity index (χ1) is 13.4. The van der Waals surface area contributed by atoms with Crippen molar-refractivity contribution in [2.45, 2.75) is 43.8 Å². The summed E-state index contributed by atoms with van der Waals surface area (Å²) in [4.78, 5) is 38.6. The SMILES string of the molecule is CC1(c2ccc(F)cc2)NC(=O)N(CC(=O)NC2CCC3NNCC3C2)C1=O. The minimum Gasteiger partial charge on any atom is -0.352 e. The van der Waals surface area contributed by atoms with Gasteiger partial charge in [-0.05, 0) is 49.8 Å². The van der Waals surface area contributed by atoms with Gasteiger partial charge in [0.15, 0.2) is 0 Å². The molecule has 1 aromatic carbocycles. The standard InChI is InChI=1S/C19H24FN5O3/c1-19(12-2-4-13(20)5-3-12)17(27)25(18(28)23-19)10-16(26)22-14-6-7-15-11(8-14)9-21-24-15/h2-5,11,14-15,21,24H,6-10H2,1H3,(H,22,26)(H,23,28). The van der Waals surface area contributed by atoms with Crippen molar-refractivity contribution in [1.29, 1.82) is 0 Å². The average molecular weight is 389 g/mol. The Morgan fingerprint density at radius 3 is 2.79 bits per heavy atom. The third-order valence-corrected chi connectivity index (χ3v) is 6.00. The zero-order chi connectivity index (χ0) is 19.9. The van der Waals surface area contributed by atoms with E-state index in [1.807, 2.05) is 0 Å². The van der Waals surface area contributed by atoms with Gasteiger partial charge in [-0.1, -0.05) is 12.1 Å². The van der Waals surface area contributed by atoms with E-state index in [2.05, 4.69) is 21.5 Å². The molecule has 4 rings (SSSR count). The van der Waals surface area contributed by atoms with E-state index in [9.17, 15) is 18.8 Å². The first-order valence-electron chi connectivity index (χ1n) is 9.55. The van der Waals surface area contributed by atoms with E-state index in [1.165, 1.54) is 24.3 Å². The number of benzene rings is 1. The molecule has 4 atom stereocenters. The van der Waals surface area contributed by atoms with Crippen LogP contribution in [-0.2, 0) is 15.1 Å². The first-order valence-corrected chi connectivity index (χ1v) is 9.55. The predicted octanol–water partition coefficient (Wildman–Crippen LogP) is 0.354. The molecule has 4 amide bonds. The number of imide groups is 1. The number of nitrogens with one attached hydrogen (secondary N) is 4. The average Bonchev–Trinajstić information content (AvgIpc) is 3.21. The summed E-state index contributed by atoms with van der Waals surface area (Å²) < 4.78 is 13.2. The molecule has 3 aliphatic rings. The summed E-state index contributed by atoms with van der Waals surface area (Å²) in [7, 11) is 0. The van der Waals surface area contributed by atoms with Crippen molar-refractivity contribution < 1.29 is 18.8 Å². The van der Waals surface area contributed by atoms with Gasteiger partial charge < -0.3 is 10.6 Å². The molecule has 2 saturated heterocycles. The highest BCUT2D eigenvalue weighted by Gasteiger charge is 2.49. The molecule has 4 unspecified atom stereocenters. The van der Waals surface area contributed by atoms with Crippen molar-refractivity contribution in [2.24, 2.45) is 5.92 Å². The monoisotopic (exact) mass is 389 g/mol. The molecular formula is C19H24FN5O3. The molecule has 2 heterocycles. The molecule has 4 N–H and O–H groups in total. The van der Waals surface area contributed by atoms with Crippen LogP contribution in [0.5, 0.6) is 0 Å². The second-order valence-corrected chi connectivity index (χ2v) is 7.92. The molecular weight excluding hydrogens is 365 g/mol. The maximum absolute atomic E-state index is 13.2. The Morgan fingerprint density at radius 1 is 1.29 bits per heavy atom. The Bertz CT molecular complexity index is 801. The van der Waals surface area contributed by atoms with Gasteiger partial charge in [0, 0.05) is 18.6 Å². The molecule has 1 aliphatic carbocycles. The van der Waals surface area contributed by atoms with E-state index in [4.69, 9.17) is 0 Å². The first kappa shape index (κ1) is 18.8. The Balaban J connectivity index is 1.39. The molecule has 150 valence electrons. The Kier molecular flexibility index (Phi) is 4.80. The van der Waals surface area contributed by atoms with Crippen molar-refractivity contribution in [3.63, 3.8) is 0 Å². The van der Waals surface area contributed by atoms with Crippen molar-refractivity contribution in [3.05, 3.63) is 35.6 Å². The molecule has 8 nitrogen and oxygen atoms in total.